The Hall–Kier alpha value is -2.25. The molecule has 142 valence electrons. The van der Waals surface area contributed by atoms with Crippen LogP contribution < -0.4 is 15.8 Å². The molecule has 0 saturated heterocycles. The summed E-state index contributed by atoms with van der Waals surface area (Å²) in [6.45, 7) is 2.64. The van der Waals surface area contributed by atoms with E-state index in [1.165, 1.54) is 11.1 Å². The fourth-order valence-electron chi connectivity index (χ4n) is 3.37. The predicted molar refractivity (Wildman–Crippen MR) is 113 cm³/mol. The average molecular weight is 451 g/mol. The minimum absolute atomic E-state index is 0. The third-order valence-corrected chi connectivity index (χ3v) is 5.03. The molecule has 0 fully saturated rings. The van der Waals surface area contributed by atoms with Gasteiger partial charge in [0.25, 0.3) is 0 Å². The number of nitrogens with two attached hydrogens (primary N) is 1. The normalized spacial score (nSPS) is 18.1. The van der Waals surface area contributed by atoms with Crippen LogP contribution in [0.1, 0.15) is 36.6 Å². The van der Waals surface area contributed by atoms with Gasteiger partial charge in [-0.1, -0.05) is 40.2 Å². The summed E-state index contributed by atoms with van der Waals surface area (Å²) >= 11 is 3.56. The molecule has 1 aliphatic heterocycles. The van der Waals surface area contributed by atoms with E-state index in [0.717, 1.165) is 16.6 Å². The van der Waals surface area contributed by atoms with Gasteiger partial charge in [0.1, 0.15) is 5.75 Å². The topological polar surface area (TPSA) is 78.0 Å². The van der Waals surface area contributed by atoms with Gasteiger partial charge in [0.15, 0.2) is 0 Å². The lowest BCUT2D eigenvalue weighted by Crippen LogP contribution is -2.28. The standard InChI is InChI=1S/C19H20BrN5O.ClH/c1-2-26-15-8-6-12(7-9-15)16-11-17(13-4-3-5-14(20)10-13)25-19(22-16)23-18(21)24-25;/h3-10,16-17H,2,11H2,1H3,(H3,21,22,23,24);1H. The second kappa shape index (κ2) is 8.19. The lowest BCUT2D eigenvalue weighted by atomic mass is 9.93. The summed E-state index contributed by atoms with van der Waals surface area (Å²) in [5.41, 5.74) is 8.21. The highest BCUT2D eigenvalue weighted by atomic mass is 79.9. The van der Waals surface area contributed by atoms with Crippen LogP contribution in [0.5, 0.6) is 5.75 Å². The third kappa shape index (κ3) is 4.04. The largest absolute Gasteiger partial charge is 0.494 e. The highest BCUT2D eigenvalue weighted by molar-refractivity contribution is 9.10. The number of fused-ring (bicyclic) bond motifs is 1. The van der Waals surface area contributed by atoms with E-state index in [4.69, 9.17) is 10.5 Å². The van der Waals surface area contributed by atoms with Crippen molar-refractivity contribution < 1.29 is 4.74 Å². The van der Waals surface area contributed by atoms with E-state index < -0.39 is 0 Å². The van der Waals surface area contributed by atoms with Crippen molar-refractivity contribution in [1.82, 2.24) is 14.8 Å². The van der Waals surface area contributed by atoms with Gasteiger partial charge in [-0.15, -0.1) is 17.5 Å². The maximum atomic E-state index is 5.86. The molecule has 2 unspecified atom stereocenters. The highest BCUT2D eigenvalue weighted by Gasteiger charge is 2.30. The number of aromatic nitrogens is 3. The molecule has 4 rings (SSSR count). The van der Waals surface area contributed by atoms with E-state index in [0.29, 0.717) is 12.6 Å². The van der Waals surface area contributed by atoms with E-state index in [1.54, 1.807) is 0 Å². The van der Waals surface area contributed by atoms with E-state index in [2.05, 4.69) is 55.6 Å². The smallest absolute Gasteiger partial charge is 0.241 e. The number of hydrogen-bond donors (Lipinski definition) is 2. The van der Waals surface area contributed by atoms with Crippen LogP contribution in [-0.4, -0.2) is 21.4 Å². The van der Waals surface area contributed by atoms with Gasteiger partial charge in [0.2, 0.25) is 11.9 Å². The van der Waals surface area contributed by atoms with Crippen LogP contribution in [0.25, 0.3) is 0 Å². The van der Waals surface area contributed by atoms with Crippen molar-refractivity contribution in [1.29, 1.82) is 0 Å². The monoisotopic (exact) mass is 449 g/mol. The Morgan fingerprint density at radius 2 is 2.00 bits per heavy atom. The molecule has 2 aromatic carbocycles. The maximum absolute atomic E-state index is 5.86. The molecule has 2 atom stereocenters. The molecule has 6 nitrogen and oxygen atoms in total. The Balaban J connectivity index is 0.00000210. The van der Waals surface area contributed by atoms with Crippen LogP contribution >= 0.6 is 28.3 Å². The Bertz CT molecular complexity index is 915. The Morgan fingerprint density at radius 3 is 2.70 bits per heavy atom. The number of hydrogen-bond acceptors (Lipinski definition) is 5. The van der Waals surface area contributed by atoms with Gasteiger partial charge >= 0.3 is 0 Å². The van der Waals surface area contributed by atoms with Crippen molar-refractivity contribution in [3.63, 3.8) is 0 Å². The molecule has 1 aromatic heterocycles. The first-order valence-electron chi connectivity index (χ1n) is 8.61. The van der Waals surface area contributed by atoms with Crippen LogP contribution in [0.15, 0.2) is 53.0 Å². The van der Waals surface area contributed by atoms with Crippen LogP contribution in [-0.2, 0) is 0 Å². The molecule has 2 heterocycles. The second-order valence-corrected chi connectivity index (χ2v) is 7.16. The van der Waals surface area contributed by atoms with Crippen molar-refractivity contribution in [2.45, 2.75) is 25.4 Å². The number of nitrogen functional groups attached to an aromatic ring is 1. The number of anilines is 2. The lowest BCUT2D eigenvalue weighted by molar-refractivity contribution is 0.340. The van der Waals surface area contributed by atoms with Crippen LogP contribution in [0.3, 0.4) is 0 Å². The van der Waals surface area contributed by atoms with Gasteiger partial charge in [-0.2, -0.15) is 4.98 Å². The first-order chi connectivity index (χ1) is 12.6. The van der Waals surface area contributed by atoms with E-state index in [-0.39, 0.29) is 30.4 Å². The molecular weight excluding hydrogens is 430 g/mol. The Labute approximate surface area is 172 Å². The van der Waals surface area contributed by atoms with Gasteiger partial charge in [0.05, 0.1) is 18.7 Å². The molecule has 8 heteroatoms. The Morgan fingerprint density at radius 1 is 1.22 bits per heavy atom. The number of halogens is 2. The molecule has 0 saturated carbocycles. The maximum Gasteiger partial charge on any atom is 0.241 e. The van der Waals surface area contributed by atoms with Gasteiger partial charge < -0.3 is 15.8 Å². The molecular formula is C19H21BrClN5O. The fourth-order valence-corrected chi connectivity index (χ4v) is 3.78. The summed E-state index contributed by atoms with van der Waals surface area (Å²) in [6.07, 6.45) is 0.847. The summed E-state index contributed by atoms with van der Waals surface area (Å²) in [6, 6.07) is 16.6. The van der Waals surface area contributed by atoms with Gasteiger partial charge in [-0.3, -0.25) is 0 Å². The number of rotatable bonds is 4. The molecule has 27 heavy (non-hydrogen) atoms. The highest BCUT2D eigenvalue weighted by Crippen LogP contribution is 2.38. The predicted octanol–water partition coefficient (Wildman–Crippen LogP) is 4.59. The molecule has 3 aromatic rings. The molecule has 0 radical (unpaired) electrons. The van der Waals surface area contributed by atoms with Crippen LogP contribution in [0.4, 0.5) is 11.9 Å². The van der Waals surface area contributed by atoms with Gasteiger partial charge in [-0.25, -0.2) is 4.68 Å². The minimum Gasteiger partial charge on any atom is -0.494 e. The van der Waals surface area contributed by atoms with Crippen LogP contribution in [0, 0.1) is 0 Å². The lowest BCUT2D eigenvalue weighted by Gasteiger charge is -2.31. The molecule has 0 aliphatic carbocycles. The van der Waals surface area contributed by atoms with Crippen LogP contribution in [0.2, 0.25) is 0 Å². The molecule has 0 bridgehead atoms. The first kappa shape index (κ1) is 19.5. The van der Waals surface area contributed by atoms with E-state index in [9.17, 15) is 0 Å². The SMILES string of the molecule is CCOc1ccc(C2CC(c3cccc(Br)c3)n3nc(N)nc3N2)cc1.Cl. The number of nitrogens with one attached hydrogen (secondary N) is 1. The summed E-state index contributed by atoms with van der Waals surface area (Å²) in [7, 11) is 0. The zero-order valence-electron chi connectivity index (χ0n) is 14.8. The fraction of sp³-hybridized carbons (Fsp3) is 0.263. The van der Waals surface area contributed by atoms with Crippen molar-refractivity contribution >= 4 is 40.2 Å². The van der Waals surface area contributed by atoms with E-state index in [1.807, 2.05) is 35.9 Å². The van der Waals surface area contributed by atoms with Gasteiger partial charge in [-0.05, 0) is 48.7 Å². The molecule has 0 amide bonds. The molecule has 1 aliphatic rings. The van der Waals surface area contributed by atoms with Gasteiger partial charge in [0, 0.05) is 4.47 Å². The number of nitrogens with zero attached hydrogens (tertiary/aromatic N) is 3. The quantitative estimate of drug-likeness (QED) is 0.608. The zero-order valence-corrected chi connectivity index (χ0v) is 17.2. The summed E-state index contributed by atoms with van der Waals surface area (Å²) in [5, 5.41) is 7.85. The minimum atomic E-state index is 0. The number of ether oxygens (including phenoxy) is 1. The second-order valence-electron chi connectivity index (χ2n) is 6.24. The van der Waals surface area contributed by atoms with Crippen molar-refractivity contribution in [3.05, 3.63) is 64.1 Å². The summed E-state index contributed by atoms with van der Waals surface area (Å²) in [4.78, 5) is 4.35. The molecule has 0 spiro atoms. The number of benzene rings is 2. The summed E-state index contributed by atoms with van der Waals surface area (Å²) in [5.74, 6) is 1.85. The van der Waals surface area contributed by atoms with Crippen molar-refractivity contribution in [2.75, 3.05) is 17.7 Å². The van der Waals surface area contributed by atoms with Crippen molar-refractivity contribution in [3.8, 4) is 5.75 Å². The molecule has 3 N–H and O–H groups in total. The average Bonchev–Trinajstić information content (AvgIpc) is 3.02. The summed E-state index contributed by atoms with van der Waals surface area (Å²) < 4.78 is 8.46. The Kier molecular flexibility index (Phi) is 5.92. The first-order valence-corrected chi connectivity index (χ1v) is 9.40. The van der Waals surface area contributed by atoms with E-state index >= 15 is 0 Å². The van der Waals surface area contributed by atoms with Crippen molar-refractivity contribution in [2.24, 2.45) is 0 Å². The zero-order chi connectivity index (χ0) is 18.1. The third-order valence-electron chi connectivity index (χ3n) is 4.53.